The number of carbonyl (C=O) groups is 1. The fourth-order valence-electron chi connectivity index (χ4n) is 0.881. The van der Waals surface area contributed by atoms with Crippen LogP contribution < -0.4 is 0 Å². The van der Waals surface area contributed by atoms with Crippen molar-refractivity contribution in [1.82, 2.24) is 4.98 Å². The smallest absolute Gasteiger partial charge is 0.166 e. The molecule has 0 N–H and O–H groups in total. The van der Waals surface area contributed by atoms with Gasteiger partial charge in [0, 0.05) is 24.4 Å². The molecule has 0 unspecified atom stereocenters. The molecule has 1 rings (SSSR count). The van der Waals surface area contributed by atoms with E-state index in [0.717, 1.165) is 5.56 Å². The second kappa shape index (κ2) is 8.17. The average molecular weight is 191 g/mol. The molecule has 0 spiro atoms. The van der Waals surface area contributed by atoms with Gasteiger partial charge < -0.3 is 0 Å². The molecule has 1 aromatic rings. The van der Waals surface area contributed by atoms with Crippen LogP contribution in [0.25, 0.3) is 0 Å². The van der Waals surface area contributed by atoms with Crippen molar-refractivity contribution in [3.63, 3.8) is 0 Å². The molecular weight excluding hydrogens is 174 g/mol. The lowest BCUT2D eigenvalue weighted by Gasteiger charge is -1.94. The number of Topliss-reactive ketones (excluding diaryl/α,β-unsaturated/α-hetero) is 1. The summed E-state index contributed by atoms with van der Waals surface area (Å²) in [7, 11) is 0. The second-order valence-electron chi connectivity index (χ2n) is 2.43. The Kier molecular flexibility index (Phi) is 7.33. The van der Waals surface area contributed by atoms with Gasteiger partial charge >= 0.3 is 0 Å². The standard InChI is InChI=1S/C10H11NO.C2H6/c1-2-3-4-10(12)9-5-7-11-8-6-9;1-2/h2-3,5-8H,4H2,1H3;1-2H3/b3-2+;. The summed E-state index contributed by atoms with van der Waals surface area (Å²) in [5.74, 6) is 0.135. The predicted molar refractivity (Wildman–Crippen MR) is 59.3 cm³/mol. The first-order chi connectivity index (χ1) is 6.84. The third-order valence-corrected chi connectivity index (χ3v) is 1.54. The second-order valence-corrected chi connectivity index (χ2v) is 2.43. The van der Waals surface area contributed by atoms with Gasteiger partial charge in [0.05, 0.1) is 0 Å². The zero-order valence-corrected chi connectivity index (χ0v) is 9.03. The normalized spacial score (nSPS) is 9.36. The molecule has 0 fully saturated rings. The third-order valence-electron chi connectivity index (χ3n) is 1.54. The highest BCUT2D eigenvalue weighted by Crippen LogP contribution is 2.01. The maximum absolute atomic E-state index is 11.3. The van der Waals surface area contributed by atoms with E-state index in [2.05, 4.69) is 4.98 Å². The maximum atomic E-state index is 11.3. The number of pyridine rings is 1. The minimum absolute atomic E-state index is 0.135. The molecule has 1 heterocycles. The van der Waals surface area contributed by atoms with E-state index in [-0.39, 0.29) is 5.78 Å². The minimum atomic E-state index is 0.135. The summed E-state index contributed by atoms with van der Waals surface area (Å²) in [5.41, 5.74) is 0.725. The molecular formula is C12H17NO. The van der Waals surface area contributed by atoms with Crippen molar-refractivity contribution in [1.29, 1.82) is 0 Å². The van der Waals surface area contributed by atoms with Crippen LogP contribution in [0.2, 0.25) is 0 Å². The number of aromatic nitrogens is 1. The molecule has 2 heteroatoms. The zero-order chi connectivity index (χ0) is 10.8. The largest absolute Gasteiger partial charge is 0.294 e. The summed E-state index contributed by atoms with van der Waals surface area (Å²) >= 11 is 0. The van der Waals surface area contributed by atoms with Crippen molar-refractivity contribution >= 4 is 5.78 Å². The number of allylic oxidation sites excluding steroid dienone is 2. The summed E-state index contributed by atoms with van der Waals surface area (Å²) in [6, 6.07) is 3.46. The van der Waals surface area contributed by atoms with Gasteiger partial charge in [-0.25, -0.2) is 0 Å². The first-order valence-electron chi connectivity index (χ1n) is 4.89. The van der Waals surface area contributed by atoms with Gasteiger partial charge in [-0.1, -0.05) is 26.0 Å². The van der Waals surface area contributed by atoms with Gasteiger partial charge in [0.1, 0.15) is 0 Å². The van der Waals surface area contributed by atoms with Crippen molar-refractivity contribution in [2.24, 2.45) is 0 Å². The van der Waals surface area contributed by atoms with Gasteiger partial charge in [0.15, 0.2) is 5.78 Å². The molecule has 0 bridgehead atoms. The molecule has 0 aliphatic carbocycles. The van der Waals surface area contributed by atoms with Gasteiger partial charge in [0.25, 0.3) is 0 Å². The van der Waals surface area contributed by atoms with Crippen molar-refractivity contribution in [2.45, 2.75) is 27.2 Å². The molecule has 0 amide bonds. The Morgan fingerprint density at radius 3 is 2.43 bits per heavy atom. The van der Waals surface area contributed by atoms with Crippen LogP contribution in [-0.4, -0.2) is 10.8 Å². The SMILES string of the molecule is C/C=C/CC(=O)c1ccncc1.CC. The van der Waals surface area contributed by atoms with E-state index in [0.29, 0.717) is 6.42 Å². The summed E-state index contributed by atoms with van der Waals surface area (Å²) in [6.07, 6.45) is 7.45. The van der Waals surface area contributed by atoms with E-state index in [1.807, 2.05) is 32.9 Å². The molecule has 0 aliphatic rings. The Hall–Kier alpha value is -1.44. The minimum Gasteiger partial charge on any atom is -0.294 e. The number of ketones is 1. The monoisotopic (exact) mass is 191 g/mol. The summed E-state index contributed by atoms with van der Waals surface area (Å²) < 4.78 is 0. The summed E-state index contributed by atoms with van der Waals surface area (Å²) in [6.45, 7) is 5.90. The van der Waals surface area contributed by atoms with Crippen molar-refractivity contribution in [3.05, 3.63) is 42.2 Å². The van der Waals surface area contributed by atoms with Gasteiger partial charge in [-0.2, -0.15) is 0 Å². The number of carbonyl (C=O) groups excluding carboxylic acids is 1. The van der Waals surface area contributed by atoms with E-state index < -0.39 is 0 Å². The van der Waals surface area contributed by atoms with Crippen molar-refractivity contribution < 1.29 is 4.79 Å². The van der Waals surface area contributed by atoms with Crippen LogP contribution in [0.3, 0.4) is 0 Å². The predicted octanol–water partition coefficient (Wildman–Crippen LogP) is 3.26. The maximum Gasteiger partial charge on any atom is 0.166 e. The fourth-order valence-corrected chi connectivity index (χ4v) is 0.881. The molecule has 0 saturated heterocycles. The number of rotatable bonds is 3. The Morgan fingerprint density at radius 2 is 1.93 bits per heavy atom. The molecule has 1 aromatic heterocycles. The molecule has 0 atom stereocenters. The van der Waals surface area contributed by atoms with E-state index in [1.54, 1.807) is 24.5 Å². The van der Waals surface area contributed by atoms with Gasteiger partial charge in [0.2, 0.25) is 0 Å². The van der Waals surface area contributed by atoms with Gasteiger partial charge in [-0.05, 0) is 19.1 Å². The molecule has 0 aromatic carbocycles. The topological polar surface area (TPSA) is 30.0 Å². The van der Waals surface area contributed by atoms with Crippen LogP contribution in [-0.2, 0) is 0 Å². The van der Waals surface area contributed by atoms with Gasteiger partial charge in [-0.15, -0.1) is 0 Å². The first-order valence-corrected chi connectivity index (χ1v) is 4.89. The van der Waals surface area contributed by atoms with E-state index in [1.165, 1.54) is 0 Å². The summed E-state index contributed by atoms with van der Waals surface area (Å²) in [5, 5.41) is 0. The number of hydrogen-bond acceptors (Lipinski definition) is 2. The molecule has 2 nitrogen and oxygen atoms in total. The van der Waals surface area contributed by atoms with Crippen molar-refractivity contribution in [2.75, 3.05) is 0 Å². The fraction of sp³-hybridized carbons (Fsp3) is 0.333. The van der Waals surface area contributed by atoms with Crippen LogP contribution in [0.15, 0.2) is 36.7 Å². The Balaban J connectivity index is 0.000000791. The van der Waals surface area contributed by atoms with Crippen LogP contribution >= 0.6 is 0 Å². The highest BCUT2D eigenvalue weighted by Gasteiger charge is 2.00. The van der Waals surface area contributed by atoms with Crippen LogP contribution in [0.1, 0.15) is 37.6 Å². The zero-order valence-electron chi connectivity index (χ0n) is 9.03. The third kappa shape index (κ3) is 4.55. The van der Waals surface area contributed by atoms with E-state index >= 15 is 0 Å². The molecule has 0 radical (unpaired) electrons. The highest BCUT2D eigenvalue weighted by atomic mass is 16.1. The lowest BCUT2D eigenvalue weighted by atomic mass is 10.1. The van der Waals surface area contributed by atoms with Crippen molar-refractivity contribution in [3.8, 4) is 0 Å². The number of hydrogen-bond donors (Lipinski definition) is 0. The Labute approximate surface area is 85.7 Å². The lowest BCUT2D eigenvalue weighted by molar-refractivity contribution is 0.0995. The first kappa shape index (κ1) is 12.6. The van der Waals surface area contributed by atoms with Crippen LogP contribution in [0, 0.1) is 0 Å². The quantitative estimate of drug-likeness (QED) is 0.542. The molecule has 0 aliphatic heterocycles. The highest BCUT2D eigenvalue weighted by molar-refractivity contribution is 5.96. The molecule has 76 valence electrons. The summed E-state index contributed by atoms with van der Waals surface area (Å²) in [4.78, 5) is 15.2. The van der Waals surface area contributed by atoms with Crippen LogP contribution in [0.5, 0.6) is 0 Å². The molecule has 14 heavy (non-hydrogen) atoms. The molecule has 0 saturated carbocycles. The number of nitrogens with zero attached hydrogens (tertiary/aromatic N) is 1. The van der Waals surface area contributed by atoms with E-state index in [4.69, 9.17) is 0 Å². The Morgan fingerprint density at radius 1 is 1.36 bits per heavy atom. The lowest BCUT2D eigenvalue weighted by Crippen LogP contribution is -1.96. The van der Waals surface area contributed by atoms with Crippen LogP contribution in [0.4, 0.5) is 0 Å². The van der Waals surface area contributed by atoms with E-state index in [9.17, 15) is 4.79 Å². The average Bonchev–Trinajstić information content (AvgIpc) is 2.30. The Bertz CT molecular complexity index is 278. The van der Waals surface area contributed by atoms with Gasteiger partial charge in [-0.3, -0.25) is 9.78 Å².